The summed E-state index contributed by atoms with van der Waals surface area (Å²) in [5, 5.41) is 11.9. The van der Waals surface area contributed by atoms with Crippen molar-refractivity contribution in [1.82, 2.24) is 9.89 Å². The molecule has 1 aliphatic heterocycles. The maximum absolute atomic E-state index is 7.64. The number of nitrogens with zero attached hydrogens (tertiary/aromatic N) is 3. The Morgan fingerprint density at radius 2 is 2.15 bits per heavy atom. The van der Waals surface area contributed by atoms with Gasteiger partial charge in [-0.05, 0) is 44.0 Å². The van der Waals surface area contributed by atoms with Gasteiger partial charge in [-0.1, -0.05) is 24.3 Å². The van der Waals surface area contributed by atoms with Crippen molar-refractivity contribution in [3.63, 3.8) is 0 Å². The summed E-state index contributed by atoms with van der Waals surface area (Å²) >= 11 is 0. The monoisotopic (exact) mass is 357 g/mol. The van der Waals surface area contributed by atoms with E-state index in [1.54, 1.807) is 6.07 Å². The Balaban J connectivity index is 1.81. The Kier molecular flexibility index (Phi) is 5.29. The predicted octanol–water partition coefficient (Wildman–Crippen LogP) is 1.93. The number of ether oxygens (including phenoxy) is 2. The zero-order valence-electron chi connectivity index (χ0n) is 15.6. The lowest BCUT2D eigenvalue weighted by Crippen LogP contribution is -2.40. The fourth-order valence-electron chi connectivity index (χ4n) is 3.21. The second-order valence-electron chi connectivity index (χ2n) is 6.90. The van der Waals surface area contributed by atoms with Gasteiger partial charge >= 0.3 is 0 Å². The van der Waals surface area contributed by atoms with E-state index in [1.165, 1.54) is 0 Å². The number of anilines is 1. The maximum Gasteiger partial charge on any atom is 0.164 e. The molecule has 1 aromatic heterocycles. The Labute approximate surface area is 153 Å². The Hall–Kier alpha value is -2.38. The van der Waals surface area contributed by atoms with Crippen molar-refractivity contribution in [3.05, 3.63) is 53.0 Å². The highest BCUT2D eigenvalue weighted by Gasteiger charge is 2.26. The van der Waals surface area contributed by atoms with Gasteiger partial charge in [0.1, 0.15) is 6.10 Å². The van der Waals surface area contributed by atoms with Gasteiger partial charge in [0.2, 0.25) is 0 Å². The maximum atomic E-state index is 7.64. The molecule has 3 rings (SSSR count). The molecule has 0 bridgehead atoms. The highest BCUT2D eigenvalue weighted by molar-refractivity contribution is 5.39. The molecule has 0 amide bonds. The van der Waals surface area contributed by atoms with Crippen LogP contribution in [0.2, 0.25) is 0 Å². The molecule has 26 heavy (non-hydrogen) atoms. The zero-order chi connectivity index (χ0) is 18.7. The van der Waals surface area contributed by atoms with Crippen LogP contribution in [0.4, 0.5) is 5.82 Å². The van der Waals surface area contributed by atoms with Crippen LogP contribution in [0.3, 0.4) is 0 Å². The minimum Gasteiger partial charge on any atom is -0.371 e. The highest BCUT2D eigenvalue weighted by atomic mass is 16.5. The van der Waals surface area contributed by atoms with Crippen molar-refractivity contribution in [2.24, 2.45) is 0 Å². The molecule has 0 saturated carbocycles. The highest BCUT2D eigenvalue weighted by Crippen LogP contribution is 2.30. The summed E-state index contributed by atoms with van der Waals surface area (Å²) in [5.41, 5.74) is 2.09. The second kappa shape index (κ2) is 7.47. The lowest BCUT2D eigenvalue weighted by molar-refractivity contribution is -0.0144. The van der Waals surface area contributed by atoms with Crippen LogP contribution in [0.5, 0.6) is 0 Å². The van der Waals surface area contributed by atoms with Crippen LogP contribution in [-0.4, -0.2) is 36.2 Å². The summed E-state index contributed by atoms with van der Waals surface area (Å²) in [6.07, 6.45) is -0.0511. The first-order chi connectivity index (χ1) is 12.4. The average molecular weight is 357 g/mol. The molecule has 1 fully saturated rings. The quantitative estimate of drug-likeness (QED) is 0.798. The fourth-order valence-corrected chi connectivity index (χ4v) is 3.21. The van der Waals surface area contributed by atoms with Crippen LogP contribution >= 0.6 is 0 Å². The summed E-state index contributed by atoms with van der Waals surface area (Å²) in [6, 6.07) is 11.9. The molecule has 7 heteroatoms. The topological polar surface area (TPSA) is 89.4 Å². The smallest absolute Gasteiger partial charge is 0.164 e. The minimum atomic E-state index is -0.338. The molecule has 2 aromatic rings. The van der Waals surface area contributed by atoms with Crippen molar-refractivity contribution in [1.29, 1.82) is 5.41 Å². The van der Waals surface area contributed by atoms with Gasteiger partial charge in [-0.3, -0.25) is 5.41 Å². The number of hydrogen-bond donors (Lipinski definition) is 2. The summed E-state index contributed by atoms with van der Waals surface area (Å²) < 4.78 is 11.9. The van der Waals surface area contributed by atoms with Gasteiger partial charge in [0.15, 0.2) is 11.3 Å². The van der Waals surface area contributed by atoms with Gasteiger partial charge in [-0.25, -0.2) is 0 Å². The molecule has 0 aliphatic carbocycles. The summed E-state index contributed by atoms with van der Waals surface area (Å²) in [5.74, 6) is 6.47. The van der Waals surface area contributed by atoms with Crippen molar-refractivity contribution >= 4 is 5.82 Å². The van der Waals surface area contributed by atoms with E-state index in [0.717, 1.165) is 28.3 Å². The van der Waals surface area contributed by atoms with Gasteiger partial charge in [0, 0.05) is 19.7 Å². The molecular formula is C19H27N5O2. The Morgan fingerprint density at radius 3 is 2.88 bits per heavy atom. The summed E-state index contributed by atoms with van der Waals surface area (Å²) in [4.78, 5) is 3.22. The Morgan fingerprint density at radius 1 is 1.35 bits per heavy atom. The molecule has 2 heterocycles. The number of nitrogens with one attached hydrogen (secondary N) is 1. The zero-order valence-corrected chi connectivity index (χ0v) is 15.6. The van der Waals surface area contributed by atoms with Crippen LogP contribution in [-0.2, 0) is 15.1 Å². The number of rotatable bonds is 5. The van der Waals surface area contributed by atoms with Crippen LogP contribution in [0, 0.1) is 5.41 Å². The molecular weight excluding hydrogens is 330 g/mol. The first-order valence-electron chi connectivity index (χ1n) is 8.91. The van der Waals surface area contributed by atoms with Crippen LogP contribution in [0.25, 0.3) is 0 Å². The molecule has 0 radical (unpaired) electrons. The SMILES string of the molecule is CCOC(C)(C)c1cccc(C2CN(c3ccc(=N)n(N)n3)CCO2)c1. The molecule has 1 aromatic carbocycles. The van der Waals surface area contributed by atoms with Gasteiger partial charge in [-0.15, -0.1) is 5.10 Å². The second-order valence-corrected chi connectivity index (χ2v) is 6.90. The number of benzene rings is 1. The van der Waals surface area contributed by atoms with Crippen LogP contribution in [0.15, 0.2) is 36.4 Å². The van der Waals surface area contributed by atoms with E-state index >= 15 is 0 Å². The summed E-state index contributed by atoms with van der Waals surface area (Å²) in [6.45, 7) is 8.87. The van der Waals surface area contributed by atoms with Gasteiger partial charge in [-0.2, -0.15) is 4.79 Å². The molecule has 1 aliphatic rings. The number of aromatic nitrogens is 2. The van der Waals surface area contributed by atoms with E-state index in [4.69, 9.17) is 20.7 Å². The van der Waals surface area contributed by atoms with E-state index < -0.39 is 0 Å². The molecule has 3 N–H and O–H groups in total. The number of morpholine rings is 1. The molecule has 140 valence electrons. The van der Waals surface area contributed by atoms with Crippen LogP contribution < -0.4 is 16.2 Å². The minimum absolute atomic E-state index is 0.0511. The number of nitrogens with two attached hydrogens (primary N) is 1. The lowest BCUT2D eigenvalue weighted by atomic mass is 9.94. The van der Waals surface area contributed by atoms with Gasteiger partial charge in [0.25, 0.3) is 0 Å². The van der Waals surface area contributed by atoms with Crippen molar-refractivity contribution < 1.29 is 9.47 Å². The van der Waals surface area contributed by atoms with E-state index in [-0.39, 0.29) is 17.2 Å². The van der Waals surface area contributed by atoms with Crippen molar-refractivity contribution in [3.8, 4) is 0 Å². The lowest BCUT2D eigenvalue weighted by Gasteiger charge is -2.34. The molecule has 1 saturated heterocycles. The number of hydrogen-bond acceptors (Lipinski definition) is 6. The predicted molar refractivity (Wildman–Crippen MR) is 100 cm³/mol. The van der Waals surface area contributed by atoms with E-state index in [2.05, 4.69) is 48.1 Å². The van der Waals surface area contributed by atoms with Gasteiger partial charge < -0.3 is 20.2 Å². The standard InChI is InChI=1S/C19H27N5O2/c1-4-26-19(2,3)15-7-5-6-14(12-15)16-13-23(10-11-25-16)18-9-8-17(20)24(21)22-18/h5-9,12,16,20H,4,10-11,13,21H2,1-3H3. The van der Waals surface area contributed by atoms with Crippen molar-refractivity contribution in [2.75, 3.05) is 37.0 Å². The molecule has 1 atom stereocenters. The van der Waals surface area contributed by atoms with E-state index in [1.807, 2.05) is 13.0 Å². The van der Waals surface area contributed by atoms with E-state index in [9.17, 15) is 0 Å². The average Bonchev–Trinajstić information content (AvgIpc) is 2.64. The first kappa shape index (κ1) is 18.4. The van der Waals surface area contributed by atoms with Crippen molar-refractivity contribution in [2.45, 2.75) is 32.5 Å². The first-order valence-corrected chi connectivity index (χ1v) is 8.91. The van der Waals surface area contributed by atoms with Crippen LogP contribution in [0.1, 0.15) is 38.0 Å². The molecule has 7 nitrogen and oxygen atoms in total. The molecule has 1 unspecified atom stereocenters. The third kappa shape index (κ3) is 3.89. The third-order valence-corrected chi connectivity index (χ3v) is 4.70. The fraction of sp³-hybridized carbons (Fsp3) is 0.474. The summed E-state index contributed by atoms with van der Waals surface area (Å²) in [7, 11) is 0. The molecule has 0 spiro atoms. The largest absolute Gasteiger partial charge is 0.371 e. The Bertz CT molecular complexity index is 818. The third-order valence-electron chi connectivity index (χ3n) is 4.70. The van der Waals surface area contributed by atoms with Gasteiger partial charge in [0.05, 0.1) is 12.2 Å². The normalized spacial score (nSPS) is 18.1. The van der Waals surface area contributed by atoms with E-state index in [0.29, 0.717) is 19.8 Å². The number of nitrogen functional groups attached to an aromatic ring is 1.